The van der Waals surface area contributed by atoms with E-state index in [0.29, 0.717) is 12.5 Å². The summed E-state index contributed by atoms with van der Waals surface area (Å²) in [6, 6.07) is 6.21. The van der Waals surface area contributed by atoms with Crippen molar-refractivity contribution in [2.75, 3.05) is 13.1 Å². The van der Waals surface area contributed by atoms with Crippen LogP contribution in [0.4, 0.5) is 0 Å². The van der Waals surface area contributed by atoms with Crippen LogP contribution in [0.15, 0.2) is 18.2 Å². The molecule has 2 rings (SSSR count). The number of rotatable bonds is 2. The van der Waals surface area contributed by atoms with Gasteiger partial charge in [0.1, 0.15) is 0 Å². The van der Waals surface area contributed by atoms with Crippen LogP contribution in [0.1, 0.15) is 34.8 Å². The number of aryl methyl sites for hydroxylation is 2. The maximum atomic E-state index is 12.5. The summed E-state index contributed by atoms with van der Waals surface area (Å²) in [5.74, 6) is 0.631. The molecule has 1 heterocycles. The van der Waals surface area contributed by atoms with Gasteiger partial charge in [-0.05, 0) is 38.3 Å². The van der Waals surface area contributed by atoms with Crippen LogP contribution >= 0.6 is 0 Å². The van der Waals surface area contributed by atoms with E-state index in [-0.39, 0.29) is 11.9 Å². The van der Waals surface area contributed by atoms with Crippen LogP contribution in [-0.4, -0.2) is 29.9 Å². The van der Waals surface area contributed by atoms with Gasteiger partial charge in [-0.25, -0.2) is 0 Å². The molecule has 18 heavy (non-hydrogen) atoms. The summed E-state index contributed by atoms with van der Waals surface area (Å²) in [6.07, 6.45) is 1.05. The number of amides is 1. The quantitative estimate of drug-likeness (QED) is 0.868. The number of hydrogen-bond acceptors (Lipinski definition) is 2. The number of carbonyl (C=O) groups excluding carboxylic acids is 1. The number of hydrogen-bond donors (Lipinski definition) is 1. The maximum absolute atomic E-state index is 12.5. The van der Waals surface area contributed by atoms with Gasteiger partial charge in [-0.1, -0.05) is 24.1 Å². The molecule has 1 aliphatic rings. The van der Waals surface area contributed by atoms with Crippen LogP contribution in [0.5, 0.6) is 0 Å². The van der Waals surface area contributed by atoms with Crippen molar-refractivity contribution in [2.24, 2.45) is 11.7 Å². The molecule has 1 aliphatic heterocycles. The average Bonchev–Trinajstić information content (AvgIpc) is 2.68. The topological polar surface area (TPSA) is 46.3 Å². The molecule has 3 heteroatoms. The first-order valence-electron chi connectivity index (χ1n) is 6.62. The van der Waals surface area contributed by atoms with E-state index in [1.165, 1.54) is 0 Å². The van der Waals surface area contributed by atoms with Gasteiger partial charge in [-0.3, -0.25) is 4.79 Å². The normalized spacial score (nSPS) is 23.4. The second kappa shape index (κ2) is 5.11. The fraction of sp³-hybridized carbons (Fsp3) is 0.533. The zero-order valence-corrected chi connectivity index (χ0v) is 11.4. The van der Waals surface area contributed by atoms with Gasteiger partial charge in [0.15, 0.2) is 0 Å². The first-order chi connectivity index (χ1) is 8.52. The van der Waals surface area contributed by atoms with E-state index in [9.17, 15) is 4.79 Å². The van der Waals surface area contributed by atoms with Crippen molar-refractivity contribution in [3.63, 3.8) is 0 Å². The number of benzene rings is 1. The number of likely N-dealkylation sites (tertiary alicyclic amines) is 1. The summed E-state index contributed by atoms with van der Waals surface area (Å²) < 4.78 is 0. The Labute approximate surface area is 109 Å². The number of carbonyl (C=O) groups is 1. The number of nitrogens with two attached hydrogens (primary N) is 1. The van der Waals surface area contributed by atoms with E-state index in [0.717, 1.165) is 29.7 Å². The monoisotopic (exact) mass is 246 g/mol. The zero-order chi connectivity index (χ0) is 13.3. The van der Waals surface area contributed by atoms with Crippen molar-refractivity contribution in [3.05, 3.63) is 34.9 Å². The molecular weight excluding hydrogens is 224 g/mol. The zero-order valence-electron chi connectivity index (χ0n) is 11.4. The van der Waals surface area contributed by atoms with Crippen molar-refractivity contribution in [2.45, 2.75) is 33.2 Å². The molecule has 1 aromatic carbocycles. The molecule has 1 fully saturated rings. The molecule has 0 aliphatic carbocycles. The van der Waals surface area contributed by atoms with E-state index in [1.54, 1.807) is 0 Å². The summed E-state index contributed by atoms with van der Waals surface area (Å²) in [7, 11) is 0. The molecule has 98 valence electrons. The van der Waals surface area contributed by atoms with Gasteiger partial charge in [0.2, 0.25) is 0 Å². The molecule has 0 aromatic heterocycles. The van der Waals surface area contributed by atoms with Gasteiger partial charge in [-0.2, -0.15) is 0 Å². The third-order valence-electron chi connectivity index (χ3n) is 3.85. The standard InChI is InChI=1S/C15H22N2O/c1-10-6-11(2)8-13(7-10)15(18)17-5-4-12(3)14(17)9-16/h6-8,12,14H,4-5,9,16H2,1-3H3. The highest BCUT2D eigenvalue weighted by Gasteiger charge is 2.33. The van der Waals surface area contributed by atoms with Gasteiger partial charge < -0.3 is 10.6 Å². The summed E-state index contributed by atoms with van der Waals surface area (Å²) in [4.78, 5) is 14.5. The lowest BCUT2D eigenvalue weighted by atomic mass is 10.0. The van der Waals surface area contributed by atoms with Crippen molar-refractivity contribution in [3.8, 4) is 0 Å². The van der Waals surface area contributed by atoms with Crippen molar-refractivity contribution in [1.29, 1.82) is 0 Å². The Morgan fingerprint density at radius 2 is 1.94 bits per heavy atom. The van der Waals surface area contributed by atoms with Crippen LogP contribution < -0.4 is 5.73 Å². The predicted molar refractivity (Wildman–Crippen MR) is 73.6 cm³/mol. The van der Waals surface area contributed by atoms with E-state index in [2.05, 4.69) is 13.0 Å². The van der Waals surface area contributed by atoms with Crippen LogP contribution in [0, 0.1) is 19.8 Å². The molecule has 2 atom stereocenters. The minimum Gasteiger partial charge on any atom is -0.334 e. The highest BCUT2D eigenvalue weighted by atomic mass is 16.2. The maximum Gasteiger partial charge on any atom is 0.254 e. The molecule has 0 bridgehead atoms. The molecular formula is C15H22N2O. The molecule has 1 amide bonds. The van der Waals surface area contributed by atoms with Gasteiger partial charge in [0, 0.05) is 24.7 Å². The van der Waals surface area contributed by atoms with Gasteiger partial charge in [0.05, 0.1) is 0 Å². The minimum atomic E-state index is 0.126. The average molecular weight is 246 g/mol. The lowest BCUT2D eigenvalue weighted by Crippen LogP contribution is -2.42. The van der Waals surface area contributed by atoms with E-state index >= 15 is 0 Å². The fourth-order valence-electron chi connectivity index (χ4n) is 2.88. The van der Waals surface area contributed by atoms with Crippen LogP contribution in [0.3, 0.4) is 0 Å². The minimum absolute atomic E-state index is 0.126. The summed E-state index contributed by atoms with van der Waals surface area (Å²) in [5.41, 5.74) is 8.86. The molecule has 2 unspecified atom stereocenters. The Morgan fingerprint density at radius 3 is 2.50 bits per heavy atom. The molecule has 1 aromatic rings. The Morgan fingerprint density at radius 1 is 1.33 bits per heavy atom. The van der Waals surface area contributed by atoms with E-state index in [1.807, 2.05) is 30.9 Å². The van der Waals surface area contributed by atoms with Crippen LogP contribution in [0.2, 0.25) is 0 Å². The Bertz CT molecular complexity index is 436. The SMILES string of the molecule is Cc1cc(C)cc(C(=O)N2CCC(C)C2CN)c1. The fourth-order valence-corrected chi connectivity index (χ4v) is 2.88. The molecule has 0 saturated carbocycles. The first-order valence-corrected chi connectivity index (χ1v) is 6.62. The Kier molecular flexibility index (Phi) is 3.71. The van der Waals surface area contributed by atoms with Crippen molar-refractivity contribution in [1.82, 2.24) is 4.90 Å². The molecule has 0 spiro atoms. The second-order valence-corrected chi connectivity index (χ2v) is 5.44. The third-order valence-corrected chi connectivity index (χ3v) is 3.85. The van der Waals surface area contributed by atoms with Gasteiger partial charge in [-0.15, -0.1) is 0 Å². The Hall–Kier alpha value is -1.35. The second-order valence-electron chi connectivity index (χ2n) is 5.44. The van der Waals surface area contributed by atoms with Crippen LogP contribution in [-0.2, 0) is 0 Å². The lowest BCUT2D eigenvalue weighted by Gasteiger charge is -2.26. The lowest BCUT2D eigenvalue weighted by molar-refractivity contribution is 0.0727. The largest absolute Gasteiger partial charge is 0.334 e. The molecule has 2 N–H and O–H groups in total. The van der Waals surface area contributed by atoms with Crippen molar-refractivity contribution >= 4 is 5.91 Å². The smallest absolute Gasteiger partial charge is 0.254 e. The number of nitrogens with zero attached hydrogens (tertiary/aromatic N) is 1. The van der Waals surface area contributed by atoms with Gasteiger partial charge in [0.25, 0.3) is 5.91 Å². The highest BCUT2D eigenvalue weighted by molar-refractivity contribution is 5.95. The van der Waals surface area contributed by atoms with E-state index in [4.69, 9.17) is 5.73 Å². The molecule has 1 saturated heterocycles. The highest BCUT2D eigenvalue weighted by Crippen LogP contribution is 2.25. The van der Waals surface area contributed by atoms with Crippen molar-refractivity contribution < 1.29 is 4.79 Å². The third kappa shape index (κ3) is 2.41. The summed E-state index contributed by atoms with van der Waals surface area (Å²) >= 11 is 0. The predicted octanol–water partition coefficient (Wildman–Crippen LogP) is 2.11. The Balaban J connectivity index is 2.25. The van der Waals surface area contributed by atoms with E-state index < -0.39 is 0 Å². The summed E-state index contributed by atoms with van der Waals surface area (Å²) in [6.45, 7) is 7.60. The first kappa shape index (κ1) is 13.1. The molecule has 3 nitrogen and oxygen atoms in total. The summed E-state index contributed by atoms with van der Waals surface area (Å²) in [5, 5.41) is 0. The van der Waals surface area contributed by atoms with Gasteiger partial charge >= 0.3 is 0 Å². The molecule has 0 radical (unpaired) electrons. The van der Waals surface area contributed by atoms with Crippen LogP contribution in [0.25, 0.3) is 0 Å².